The third-order valence-corrected chi connectivity index (χ3v) is 8.36. The molecule has 2 fully saturated rings. The number of rotatable bonds is 11. The monoisotopic (exact) mass is 486 g/mol. The zero-order valence-corrected chi connectivity index (χ0v) is 22.1. The minimum absolute atomic E-state index is 0.0196. The van der Waals surface area contributed by atoms with E-state index in [1.54, 1.807) is 13.8 Å². The van der Waals surface area contributed by atoms with Crippen molar-refractivity contribution in [2.24, 2.45) is 17.3 Å². The fraction of sp³-hybridized carbons (Fsp3) is 0.633. The van der Waals surface area contributed by atoms with E-state index in [0.29, 0.717) is 44.1 Å². The maximum absolute atomic E-state index is 11.8. The largest absolute Gasteiger partial charge is 0.396 e. The summed E-state index contributed by atoms with van der Waals surface area (Å²) in [4.78, 5) is 11.7. The molecule has 5 heteroatoms. The number of carbonyl (C=O) groups excluding carboxylic acids is 1. The van der Waals surface area contributed by atoms with E-state index in [9.17, 15) is 25.2 Å². The van der Waals surface area contributed by atoms with Gasteiger partial charge in [-0.05, 0) is 96.1 Å². The predicted molar refractivity (Wildman–Crippen MR) is 142 cm³/mol. The molecule has 4 N–H and O–H groups in total. The molecule has 2 rings (SSSR count). The van der Waals surface area contributed by atoms with Gasteiger partial charge >= 0.3 is 0 Å². The van der Waals surface area contributed by atoms with Crippen LogP contribution in [0, 0.1) is 17.3 Å². The molecule has 0 heterocycles. The highest BCUT2D eigenvalue weighted by Gasteiger charge is 2.63. The molecule has 0 unspecified atom stereocenters. The quantitative estimate of drug-likeness (QED) is 0.143. The Balaban J connectivity index is 2.35. The molecule has 2 saturated carbocycles. The lowest BCUT2D eigenvalue weighted by molar-refractivity contribution is -0.167. The molecule has 0 radical (unpaired) electrons. The van der Waals surface area contributed by atoms with Gasteiger partial charge in [0.05, 0.1) is 18.3 Å². The van der Waals surface area contributed by atoms with Crippen molar-refractivity contribution in [1.29, 1.82) is 0 Å². The van der Waals surface area contributed by atoms with Gasteiger partial charge in [-0.3, -0.25) is 4.79 Å². The summed E-state index contributed by atoms with van der Waals surface area (Å²) in [6.45, 7) is 11.7. The van der Waals surface area contributed by atoms with Crippen LogP contribution in [-0.4, -0.2) is 51.6 Å². The minimum atomic E-state index is -1.12. The molecule has 1 spiro atoms. The predicted octanol–water partition coefficient (Wildman–Crippen LogP) is 4.97. The van der Waals surface area contributed by atoms with Gasteiger partial charge in [-0.1, -0.05) is 47.6 Å². The molecular formula is C30H46O5. The molecule has 5 nitrogen and oxygen atoms in total. The number of hydrogen-bond acceptors (Lipinski definition) is 5. The first-order valence-corrected chi connectivity index (χ1v) is 13.0. The fourth-order valence-electron chi connectivity index (χ4n) is 6.39. The van der Waals surface area contributed by atoms with Crippen LogP contribution >= 0.6 is 0 Å². The molecule has 2 aliphatic carbocycles. The number of aliphatic hydroxyl groups excluding tert-OH is 3. The Kier molecular flexibility index (Phi) is 10.9. The van der Waals surface area contributed by atoms with Crippen molar-refractivity contribution in [2.75, 3.05) is 13.2 Å². The Morgan fingerprint density at radius 3 is 2.51 bits per heavy atom. The van der Waals surface area contributed by atoms with E-state index in [0.717, 1.165) is 35.8 Å². The Labute approximate surface area is 211 Å². The average Bonchev–Trinajstić information content (AvgIpc) is 3.15. The Hall–Kier alpha value is -1.79. The Bertz CT molecular complexity index is 871. The number of allylic oxidation sites excluding steroid dienone is 8. The second-order valence-electron chi connectivity index (χ2n) is 10.9. The molecule has 0 aromatic heterocycles. The lowest BCUT2D eigenvalue weighted by Crippen LogP contribution is -2.59. The second-order valence-corrected chi connectivity index (χ2v) is 10.9. The summed E-state index contributed by atoms with van der Waals surface area (Å²) in [7, 11) is 0. The van der Waals surface area contributed by atoms with Crippen LogP contribution in [0.4, 0.5) is 0 Å². The third-order valence-electron chi connectivity index (χ3n) is 8.36. The van der Waals surface area contributed by atoms with Crippen LogP contribution < -0.4 is 0 Å². The zero-order chi connectivity index (χ0) is 26.2. The molecule has 0 aliphatic heterocycles. The maximum Gasteiger partial charge on any atom is 0.145 e. The molecular weight excluding hydrogens is 440 g/mol. The van der Waals surface area contributed by atoms with Crippen LogP contribution in [0.25, 0.3) is 0 Å². The number of aldehydes is 1. The molecule has 5 atom stereocenters. The highest BCUT2D eigenvalue weighted by Crippen LogP contribution is 2.62. The van der Waals surface area contributed by atoms with Gasteiger partial charge in [-0.15, -0.1) is 0 Å². The van der Waals surface area contributed by atoms with Crippen molar-refractivity contribution < 1.29 is 25.2 Å². The summed E-state index contributed by atoms with van der Waals surface area (Å²) in [5.74, 6) is -0.489. The van der Waals surface area contributed by atoms with Crippen LogP contribution in [0.3, 0.4) is 0 Å². The summed E-state index contributed by atoms with van der Waals surface area (Å²) in [6.07, 6.45) is 13.1. The van der Waals surface area contributed by atoms with Gasteiger partial charge in [-0.25, -0.2) is 0 Å². The van der Waals surface area contributed by atoms with Gasteiger partial charge in [0.15, 0.2) is 0 Å². The smallest absolute Gasteiger partial charge is 0.145 e. The lowest BCUT2D eigenvalue weighted by atomic mass is 9.52. The third kappa shape index (κ3) is 6.51. The topological polar surface area (TPSA) is 98.0 Å². The summed E-state index contributed by atoms with van der Waals surface area (Å²) >= 11 is 0. The van der Waals surface area contributed by atoms with E-state index in [2.05, 4.69) is 26.5 Å². The van der Waals surface area contributed by atoms with Gasteiger partial charge in [-0.2, -0.15) is 0 Å². The van der Waals surface area contributed by atoms with Crippen molar-refractivity contribution >= 4 is 6.29 Å². The standard InChI is InChI=1S/C30H46O5/c1-21(2)9-6-10-22(3)11-7-12-24(20-33)26-15-17-30(28(26)34)27(13-8-18-31)25(23(4)19-32)14-16-29(30,5)35/h7,9,11-12,19,26-28,31,33-35H,3,6,8,10,13-18,20H2,1-2,4-5H3/b11-7+,24-12+,25-23-/t26-,27+,28+,29-,30-/m0/s1. The maximum atomic E-state index is 11.8. The van der Waals surface area contributed by atoms with Crippen LogP contribution in [0.1, 0.15) is 79.1 Å². The number of carbonyl (C=O) groups is 1. The first kappa shape index (κ1) is 29.4. The van der Waals surface area contributed by atoms with Crippen molar-refractivity contribution in [1.82, 2.24) is 0 Å². The van der Waals surface area contributed by atoms with Crippen molar-refractivity contribution in [2.45, 2.75) is 90.8 Å². The zero-order valence-electron chi connectivity index (χ0n) is 22.1. The van der Waals surface area contributed by atoms with Crippen LogP contribution in [0.15, 0.2) is 58.7 Å². The van der Waals surface area contributed by atoms with Crippen LogP contribution in [0.2, 0.25) is 0 Å². The fourth-order valence-corrected chi connectivity index (χ4v) is 6.39. The van der Waals surface area contributed by atoms with Gasteiger partial charge in [0.25, 0.3) is 0 Å². The van der Waals surface area contributed by atoms with Gasteiger partial charge < -0.3 is 20.4 Å². The molecule has 0 bridgehead atoms. The second kappa shape index (κ2) is 13.0. The highest BCUT2D eigenvalue weighted by atomic mass is 16.3. The summed E-state index contributed by atoms with van der Waals surface area (Å²) < 4.78 is 0. The van der Waals surface area contributed by atoms with Crippen LogP contribution in [-0.2, 0) is 4.79 Å². The van der Waals surface area contributed by atoms with Gasteiger partial charge in [0.1, 0.15) is 6.29 Å². The van der Waals surface area contributed by atoms with E-state index in [1.807, 2.05) is 18.2 Å². The molecule has 35 heavy (non-hydrogen) atoms. The average molecular weight is 487 g/mol. The Morgan fingerprint density at radius 1 is 1.20 bits per heavy atom. The van der Waals surface area contributed by atoms with Gasteiger partial charge in [0, 0.05) is 17.9 Å². The number of hydrogen-bond donors (Lipinski definition) is 4. The van der Waals surface area contributed by atoms with E-state index < -0.39 is 17.1 Å². The molecule has 0 amide bonds. The van der Waals surface area contributed by atoms with Crippen LogP contribution in [0.5, 0.6) is 0 Å². The first-order chi connectivity index (χ1) is 16.6. The van der Waals surface area contributed by atoms with E-state index >= 15 is 0 Å². The van der Waals surface area contributed by atoms with E-state index in [4.69, 9.17) is 0 Å². The van der Waals surface area contributed by atoms with Crippen molar-refractivity contribution in [3.05, 3.63) is 58.7 Å². The highest BCUT2D eigenvalue weighted by molar-refractivity contribution is 5.74. The van der Waals surface area contributed by atoms with Gasteiger partial charge in [0.2, 0.25) is 0 Å². The SMILES string of the molecule is C=C(/C=C/C=C(\CO)[C@@H]1CC[C@]2([C@H](CCCO)/C(=C(/C)C=O)CC[C@]2(C)O)[C@@H]1O)CCC=C(C)C. The normalized spacial score (nSPS) is 32.8. The summed E-state index contributed by atoms with van der Waals surface area (Å²) in [5.41, 5.74) is 2.71. The summed E-state index contributed by atoms with van der Waals surface area (Å²) in [6, 6.07) is 0. The van der Waals surface area contributed by atoms with E-state index in [-0.39, 0.29) is 25.0 Å². The number of aliphatic hydroxyl groups is 4. The molecule has 0 aromatic carbocycles. The van der Waals surface area contributed by atoms with E-state index in [1.165, 1.54) is 5.57 Å². The molecule has 2 aliphatic rings. The Morgan fingerprint density at radius 2 is 1.91 bits per heavy atom. The molecule has 0 saturated heterocycles. The molecule has 196 valence electrons. The lowest BCUT2D eigenvalue weighted by Gasteiger charge is -2.55. The van der Waals surface area contributed by atoms with Crippen molar-refractivity contribution in [3.8, 4) is 0 Å². The minimum Gasteiger partial charge on any atom is -0.396 e. The van der Waals surface area contributed by atoms with Crippen molar-refractivity contribution in [3.63, 3.8) is 0 Å². The summed E-state index contributed by atoms with van der Waals surface area (Å²) in [5, 5.41) is 43.1. The molecule has 0 aromatic rings. The first-order valence-electron chi connectivity index (χ1n) is 13.0.